The van der Waals surface area contributed by atoms with Crippen molar-refractivity contribution >= 4 is 11.6 Å². The molecule has 0 radical (unpaired) electrons. The van der Waals surface area contributed by atoms with E-state index in [9.17, 15) is 4.79 Å². The number of carbonyl (C=O) groups is 1. The van der Waals surface area contributed by atoms with Gasteiger partial charge in [-0.3, -0.25) is 4.79 Å². The van der Waals surface area contributed by atoms with Crippen LogP contribution in [-0.2, 0) is 4.79 Å². The van der Waals surface area contributed by atoms with Crippen molar-refractivity contribution in [3.05, 3.63) is 18.7 Å². The van der Waals surface area contributed by atoms with Crippen LogP contribution in [0.5, 0.6) is 0 Å². The van der Waals surface area contributed by atoms with E-state index in [1.807, 2.05) is 13.8 Å². The first-order valence-corrected chi connectivity index (χ1v) is 3.81. The van der Waals surface area contributed by atoms with Crippen LogP contribution >= 0.6 is 0 Å². The van der Waals surface area contributed by atoms with Gasteiger partial charge in [0.05, 0.1) is 18.1 Å². The molecule has 1 rings (SSSR count). The Bertz CT molecular complexity index is 223. The highest BCUT2D eigenvalue weighted by Gasteiger charge is 1.91. The van der Waals surface area contributed by atoms with Gasteiger partial charge in [0, 0.05) is 6.92 Å². The lowest BCUT2D eigenvalue weighted by Crippen LogP contribution is -2.05. The normalized spacial score (nSPS) is 7.92. The molecule has 0 unspecified atom stereocenters. The predicted molar refractivity (Wildman–Crippen MR) is 47.7 cm³/mol. The van der Waals surface area contributed by atoms with Crippen LogP contribution < -0.4 is 5.32 Å². The molecular weight excluding hydrogens is 154 g/mol. The Morgan fingerprint density at radius 1 is 1.33 bits per heavy atom. The van der Waals surface area contributed by atoms with Gasteiger partial charge in [-0.1, -0.05) is 13.8 Å². The van der Waals surface area contributed by atoms with Gasteiger partial charge < -0.3 is 5.32 Å². The highest BCUT2D eigenvalue weighted by atomic mass is 16.1. The van der Waals surface area contributed by atoms with Crippen LogP contribution in [0.2, 0.25) is 0 Å². The summed E-state index contributed by atoms with van der Waals surface area (Å²) in [6.45, 7) is 5.44. The maximum Gasteiger partial charge on any atom is 0.221 e. The molecule has 1 aromatic rings. The molecule has 0 aliphatic heterocycles. The third-order valence-electron chi connectivity index (χ3n) is 0.881. The van der Waals surface area contributed by atoms with Gasteiger partial charge in [-0.15, -0.1) is 0 Å². The monoisotopic (exact) mass is 167 g/mol. The highest BCUT2D eigenvalue weighted by Crippen LogP contribution is 1.98. The number of nitrogens with zero attached hydrogens (tertiary/aromatic N) is 2. The van der Waals surface area contributed by atoms with Gasteiger partial charge in [-0.25, -0.2) is 9.97 Å². The standard InChI is InChI=1S/C6H7N3O.C2H6/c1-5(10)9-6-2-7-4-8-3-6;1-2/h2-4H,1H3,(H,9,10);1-2H3. The Labute approximate surface area is 72.0 Å². The number of anilines is 1. The van der Waals surface area contributed by atoms with Gasteiger partial charge >= 0.3 is 0 Å². The quantitative estimate of drug-likeness (QED) is 0.689. The number of hydrogen-bond donors (Lipinski definition) is 1. The van der Waals surface area contributed by atoms with Gasteiger partial charge in [0.25, 0.3) is 0 Å². The fourth-order valence-electron chi connectivity index (χ4n) is 0.567. The Hall–Kier alpha value is -1.45. The van der Waals surface area contributed by atoms with Crippen LogP contribution in [0.15, 0.2) is 18.7 Å². The molecule has 0 saturated carbocycles. The second-order valence-electron chi connectivity index (χ2n) is 1.81. The molecule has 0 aliphatic carbocycles. The summed E-state index contributed by atoms with van der Waals surface area (Å²) in [4.78, 5) is 17.9. The topological polar surface area (TPSA) is 54.9 Å². The van der Waals surface area contributed by atoms with E-state index in [0.29, 0.717) is 5.69 Å². The molecule has 12 heavy (non-hydrogen) atoms. The van der Waals surface area contributed by atoms with E-state index >= 15 is 0 Å². The lowest BCUT2D eigenvalue weighted by atomic mass is 10.5. The zero-order chi connectivity index (χ0) is 9.40. The van der Waals surface area contributed by atoms with E-state index in [4.69, 9.17) is 0 Å². The molecular formula is C8H13N3O. The Balaban J connectivity index is 0.000000561. The van der Waals surface area contributed by atoms with Crippen molar-refractivity contribution in [1.82, 2.24) is 9.97 Å². The molecule has 1 N–H and O–H groups in total. The Morgan fingerprint density at radius 2 is 1.83 bits per heavy atom. The first-order chi connectivity index (χ1) is 5.79. The van der Waals surface area contributed by atoms with Crippen molar-refractivity contribution in [2.24, 2.45) is 0 Å². The fraction of sp³-hybridized carbons (Fsp3) is 0.375. The van der Waals surface area contributed by atoms with Gasteiger partial charge in [0.15, 0.2) is 0 Å². The van der Waals surface area contributed by atoms with Gasteiger partial charge in [0.1, 0.15) is 6.33 Å². The second-order valence-corrected chi connectivity index (χ2v) is 1.81. The number of amides is 1. The van der Waals surface area contributed by atoms with Crippen molar-refractivity contribution in [3.63, 3.8) is 0 Å². The van der Waals surface area contributed by atoms with Crippen molar-refractivity contribution in [1.29, 1.82) is 0 Å². The van der Waals surface area contributed by atoms with Crippen molar-refractivity contribution in [3.8, 4) is 0 Å². The third kappa shape index (κ3) is 4.38. The van der Waals surface area contributed by atoms with E-state index in [-0.39, 0.29) is 5.91 Å². The average molecular weight is 167 g/mol. The molecule has 0 spiro atoms. The maximum absolute atomic E-state index is 10.4. The molecule has 1 heterocycles. The van der Waals surface area contributed by atoms with Crippen molar-refractivity contribution in [2.75, 3.05) is 5.32 Å². The number of nitrogens with one attached hydrogen (secondary N) is 1. The number of aromatic nitrogens is 2. The smallest absolute Gasteiger partial charge is 0.221 e. The average Bonchev–Trinajstić information content (AvgIpc) is 2.08. The van der Waals surface area contributed by atoms with E-state index in [0.717, 1.165) is 0 Å². The van der Waals surface area contributed by atoms with E-state index < -0.39 is 0 Å². The summed E-state index contributed by atoms with van der Waals surface area (Å²) in [6.07, 6.45) is 4.48. The molecule has 0 bridgehead atoms. The molecule has 4 nitrogen and oxygen atoms in total. The zero-order valence-corrected chi connectivity index (χ0v) is 7.53. The molecule has 0 fully saturated rings. The lowest BCUT2D eigenvalue weighted by Gasteiger charge is -1.96. The predicted octanol–water partition coefficient (Wildman–Crippen LogP) is 1.46. The highest BCUT2D eigenvalue weighted by molar-refractivity contribution is 5.88. The summed E-state index contributed by atoms with van der Waals surface area (Å²) in [6, 6.07) is 0. The van der Waals surface area contributed by atoms with Crippen LogP contribution in [0.3, 0.4) is 0 Å². The molecule has 0 atom stereocenters. The minimum absolute atomic E-state index is 0.116. The maximum atomic E-state index is 10.4. The van der Waals surface area contributed by atoms with E-state index in [1.54, 1.807) is 0 Å². The van der Waals surface area contributed by atoms with Crippen LogP contribution in [0.25, 0.3) is 0 Å². The first kappa shape index (κ1) is 10.6. The zero-order valence-electron chi connectivity index (χ0n) is 7.53. The molecule has 0 saturated heterocycles. The summed E-state index contributed by atoms with van der Waals surface area (Å²) in [5.41, 5.74) is 0.620. The summed E-state index contributed by atoms with van der Waals surface area (Å²) >= 11 is 0. The molecule has 1 aromatic heterocycles. The minimum atomic E-state index is -0.116. The Morgan fingerprint density at radius 3 is 2.25 bits per heavy atom. The van der Waals surface area contributed by atoms with Crippen molar-refractivity contribution in [2.45, 2.75) is 20.8 Å². The molecule has 0 aliphatic rings. The molecule has 4 heteroatoms. The summed E-state index contributed by atoms with van der Waals surface area (Å²) in [5.74, 6) is -0.116. The van der Waals surface area contributed by atoms with Crippen LogP contribution in [0.4, 0.5) is 5.69 Å². The SMILES string of the molecule is CC.CC(=O)Nc1cncnc1. The van der Waals surface area contributed by atoms with Gasteiger partial charge in [-0.2, -0.15) is 0 Å². The van der Waals surface area contributed by atoms with E-state index in [1.165, 1.54) is 25.6 Å². The molecule has 1 amide bonds. The number of rotatable bonds is 1. The minimum Gasteiger partial charge on any atom is -0.324 e. The Kier molecular flexibility index (Phi) is 5.51. The summed E-state index contributed by atoms with van der Waals surface area (Å²) in [7, 11) is 0. The van der Waals surface area contributed by atoms with Gasteiger partial charge in [-0.05, 0) is 0 Å². The van der Waals surface area contributed by atoms with Crippen LogP contribution in [0.1, 0.15) is 20.8 Å². The summed E-state index contributed by atoms with van der Waals surface area (Å²) < 4.78 is 0. The first-order valence-electron chi connectivity index (χ1n) is 3.81. The van der Waals surface area contributed by atoms with Crippen LogP contribution in [-0.4, -0.2) is 15.9 Å². The second kappa shape index (κ2) is 6.27. The van der Waals surface area contributed by atoms with E-state index in [2.05, 4.69) is 15.3 Å². The third-order valence-corrected chi connectivity index (χ3v) is 0.881. The lowest BCUT2D eigenvalue weighted by molar-refractivity contribution is -0.114. The largest absolute Gasteiger partial charge is 0.324 e. The summed E-state index contributed by atoms with van der Waals surface area (Å²) in [5, 5.41) is 2.54. The van der Waals surface area contributed by atoms with Gasteiger partial charge in [0.2, 0.25) is 5.91 Å². The fourth-order valence-corrected chi connectivity index (χ4v) is 0.567. The van der Waals surface area contributed by atoms with Crippen LogP contribution in [0, 0.1) is 0 Å². The number of hydrogen-bond acceptors (Lipinski definition) is 3. The molecule has 66 valence electrons. The van der Waals surface area contributed by atoms with Crippen molar-refractivity contribution < 1.29 is 4.79 Å². The molecule has 0 aromatic carbocycles. The number of carbonyl (C=O) groups excluding carboxylic acids is 1.